The van der Waals surface area contributed by atoms with E-state index in [4.69, 9.17) is 11.6 Å². The minimum absolute atomic E-state index is 0.0150. The molecule has 1 amide bonds. The van der Waals surface area contributed by atoms with Crippen molar-refractivity contribution >= 4 is 17.5 Å². The average Bonchev–Trinajstić information content (AvgIpc) is 2.39. The van der Waals surface area contributed by atoms with E-state index in [-0.39, 0.29) is 5.91 Å². The average molecular weight is 254 g/mol. The van der Waals surface area contributed by atoms with Gasteiger partial charge < -0.3 is 9.80 Å². The van der Waals surface area contributed by atoms with Crippen molar-refractivity contribution in [1.29, 1.82) is 0 Å². The van der Waals surface area contributed by atoms with Crippen molar-refractivity contribution in [3.8, 4) is 0 Å². The van der Waals surface area contributed by atoms with E-state index in [1.807, 2.05) is 4.90 Å². The summed E-state index contributed by atoms with van der Waals surface area (Å²) in [7, 11) is 0. The number of rotatable bonds is 2. The molecule has 0 bridgehead atoms. The highest BCUT2D eigenvalue weighted by atomic mass is 35.5. The molecule has 0 aliphatic carbocycles. The van der Waals surface area contributed by atoms with Gasteiger partial charge in [-0.2, -0.15) is 0 Å². The van der Waals surface area contributed by atoms with E-state index in [0.29, 0.717) is 10.6 Å². The van der Waals surface area contributed by atoms with Gasteiger partial charge in [-0.1, -0.05) is 18.5 Å². The standard InChI is InChI=1S/C12H16ClN3O/c1-2-15-5-7-16(8-6-15)12(17)10-9-14-4-3-11(10)13/h3-4,9H,2,5-8H2,1H3. The van der Waals surface area contributed by atoms with Crippen molar-refractivity contribution in [3.05, 3.63) is 29.0 Å². The number of aromatic nitrogens is 1. The molecule has 1 aliphatic rings. The van der Waals surface area contributed by atoms with Crippen LogP contribution in [-0.4, -0.2) is 53.4 Å². The third kappa shape index (κ3) is 2.76. The molecule has 1 aromatic rings. The van der Waals surface area contributed by atoms with Crippen LogP contribution in [0.3, 0.4) is 0 Å². The van der Waals surface area contributed by atoms with E-state index in [2.05, 4.69) is 16.8 Å². The number of amides is 1. The highest BCUT2D eigenvalue weighted by Gasteiger charge is 2.22. The summed E-state index contributed by atoms with van der Waals surface area (Å²) in [6.07, 6.45) is 3.13. The minimum Gasteiger partial charge on any atom is -0.336 e. The van der Waals surface area contributed by atoms with Gasteiger partial charge in [0.15, 0.2) is 0 Å². The summed E-state index contributed by atoms with van der Waals surface area (Å²) < 4.78 is 0. The summed E-state index contributed by atoms with van der Waals surface area (Å²) in [5.41, 5.74) is 0.499. The van der Waals surface area contributed by atoms with Gasteiger partial charge in [-0.25, -0.2) is 0 Å². The van der Waals surface area contributed by atoms with Gasteiger partial charge in [-0.3, -0.25) is 9.78 Å². The Kier molecular flexibility index (Phi) is 3.97. The zero-order valence-electron chi connectivity index (χ0n) is 9.90. The molecule has 2 rings (SSSR count). The molecule has 0 atom stereocenters. The molecule has 1 fully saturated rings. The number of carbonyl (C=O) groups is 1. The van der Waals surface area contributed by atoms with Crippen LogP contribution in [0.4, 0.5) is 0 Å². The van der Waals surface area contributed by atoms with E-state index in [9.17, 15) is 4.79 Å². The number of likely N-dealkylation sites (N-methyl/N-ethyl adjacent to an activating group) is 1. The molecule has 1 aliphatic heterocycles. The van der Waals surface area contributed by atoms with E-state index in [0.717, 1.165) is 32.7 Å². The molecule has 1 aromatic heterocycles. The number of pyridine rings is 1. The third-order valence-corrected chi connectivity index (χ3v) is 3.43. The third-order valence-electron chi connectivity index (χ3n) is 3.10. The highest BCUT2D eigenvalue weighted by molar-refractivity contribution is 6.33. The Morgan fingerprint density at radius 2 is 2.12 bits per heavy atom. The van der Waals surface area contributed by atoms with Gasteiger partial charge in [0.1, 0.15) is 0 Å². The first-order chi connectivity index (χ1) is 8.22. The van der Waals surface area contributed by atoms with Crippen LogP contribution < -0.4 is 0 Å². The van der Waals surface area contributed by atoms with Crippen LogP contribution in [0.1, 0.15) is 17.3 Å². The Hall–Kier alpha value is -1.13. The highest BCUT2D eigenvalue weighted by Crippen LogP contribution is 2.16. The van der Waals surface area contributed by atoms with Crippen molar-refractivity contribution in [1.82, 2.24) is 14.8 Å². The van der Waals surface area contributed by atoms with Crippen LogP contribution in [0.25, 0.3) is 0 Å². The molecule has 1 saturated heterocycles. The Morgan fingerprint density at radius 1 is 1.41 bits per heavy atom. The molecule has 5 heteroatoms. The molecule has 92 valence electrons. The number of piperazine rings is 1. The van der Waals surface area contributed by atoms with Crippen LogP contribution in [0.15, 0.2) is 18.5 Å². The maximum atomic E-state index is 12.2. The van der Waals surface area contributed by atoms with Gasteiger partial charge in [0.25, 0.3) is 5.91 Å². The van der Waals surface area contributed by atoms with E-state index >= 15 is 0 Å². The lowest BCUT2D eigenvalue weighted by atomic mass is 10.2. The second kappa shape index (κ2) is 5.47. The van der Waals surface area contributed by atoms with E-state index in [1.54, 1.807) is 12.3 Å². The van der Waals surface area contributed by atoms with Crippen molar-refractivity contribution in [3.63, 3.8) is 0 Å². The molecule has 0 spiro atoms. The normalized spacial score (nSPS) is 17.2. The van der Waals surface area contributed by atoms with Crippen molar-refractivity contribution < 1.29 is 4.79 Å². The first kappa shape index (κ1) is 12.3. The maximum Gasteiger partial charge on any atom is 0.257 e. The first-order valence-corrected chi connectivity index (χ1v) is 6.21. The van der Waals surface area contributed by atoms with Crippen molar-refractivity contribution in [2.24, 2.45) is 0 Å². The van der Waals surface area contributed by atoms with E-state index in [1.165, 1.54) is 6.20 Å². The van der Waals surface area contributed by atoms with Crippen LogP contribution in [-0.2, 0) is 0 Å². The summed E-state index contributed by atoms with van der Waals surface area (Å²) in [5.74, 6) is -0.0150. The Bertz CT molecular complexity index is 402. The number of hydrogen-bond donors (Lipinski definition) is 0. The second-order valence-electron chi connectivity index (χ2n) is 4.08. The van der Waals surface area contributed by atoms with E-state index < -0.39 is 0 Å². The largest absolute Gasteiger partial charge is 0.336 e. The first-order valence-electron chi connectivity index (χ1n) is 5.83. The lowest BCUT2D eigenvalue weighted by Gasteiger charge is -2.34. The topological polar surface area (TPSA) is 36.4 Å². The van der Waals surface area contributed by atoms with Crippen molar-refractivity contribution in [2.75, 3.05) is 32.7 Å². The van der Waals surface area contributed by atoms with Gasteiger partial charge in [-0.15, -0.1) is 0 Å². The number of hydrogen-bond acceptors (Lipinski definition) is 3. The predicted octanol–water partition coefficient (Wildman–Crippen LogP) is 1.51. The SMILES string of the molecule is CCN1CCN(C(=O)c2cnccc2Cl)CC1. The van der Waals surface area contributed by atoms with Crippen molar-refractivity contribution in [2.45, 2.75) is 6.92 Å². The van der Waals surface area contributed by atoms with Crippen LogP contribution in [0.5, 0.6) is 0 Å². The molecule has 2 heterocycles. The molecule has 0 saturated carbocycles. The van der Waals surface area contributed by atoms with Crippen LogP contribution in [0, 0.1) is 0 Å². The minimum atomic E-state index is -0.0150. The zero-order valence-corrected chi connectivity index (χ0v) is 10.7. The molecule has 0 radical (unpaired) electrons. The predicted molar refractivity (Wildman–Crippen MR) is 67.3 cm³/mol. The van der Waals surface area contributed by atoms with Gasteiger partial charge in [-0.05, 0) is 12.6 Å². The number of nitrogens with zero attached hydrogens (tertiary/aromatic N) is 3. The molecule has 0 aromatic carbocycles. The summed E-state index contributed by atoms with van der Waals surface area (Å²) >= 11 is 6.00. The Morgan fingerprint density at radius 3 is 2.71 bits per heavy atom. The summed E-state index contributed by atoms with van der Waals surface area (Å²) in [5, 5.41) is 0.475. The van der Waals surface area contributed by atoms with Crippen LogP contribution >= 0.6 is 11.6 Å². The number of carbonyl (C=O) groups excluding carboxylic acids is 1. The Labute approximate surface area is 106 Å². The zero-order chi connectivity index (χ0) is 12.3. The van der Waals surface area contributed by atoms with Gasteiger partial charge in [0.2, 0.25) is 0 Å². The van der Waals surface area contributed by atoms with Gasteiger partial charge >= 0.3 is 0 Å². The number of halogens is 1. The van der Waals surface area contributed by atoms with Crippen LogP contribution in [0.2, 0.25) is 5.02 Å². The fraction of sp³-hybridized carbons (Fsp3) is 0.500. The fourth-order valence-electron chi connectivity index (χ4n) is 1.97. The maximum absolute atomic E-state index is 12.2. The van der Waals surface area contributed by atoms with Gasteiger partial charge in [0.05, 0.1) is 10.6 Å². The molecule has 17 heavy (non-hydrogen) atoms. The molecule has 0 N–H and O–H groups in total. The lowest BCUT2D eigenvalue weighted by molar-refractivity contribution is 0.0643. The quantitative estimate of drug-likeness (QED) is 0.802. The smallest absolute Gasteiger partial charge is 0.257 e. The molecular formula is C12H16ClN3O. The molecular weight excluding hydrogens is 238 g/mol. The van der Waals surface area contributed by atoms with Gasteiger partial charge in [0, 0.05) is 38.6 Å². The summed E-state index contributed by atoms with van der Waals surface area (Å²) in [4.78, 5) is 20.3. The molecule has 4 nitrogen and oxygen atoms in total. The summed E-state index contributed by atoms with van der Waals surface area (Å²) in [6.45, 7) is 6.56. The lowest BCUT2D eigenvalue weighted by Crippen LogP contribution is -2.48. The summed E-state index contributed by atoms with van der Waals surface area (Å²) in [6, 6.07) is 1.65. The monoisotopic (exact) mass is 253 g/mol. The Balaban J connectivity index is 2.04. The second-order valence-corrected chi connectivity index (χ2v) is 4.49. The molecule has 0 unspecified atom stereocenters. The fourth-order valence-corrected chi connectivity index (χ4v) is 2.16.